The maximum Gasteiger partial charge on any atom is 0.255 e. The molecule has 2 heterocycles. The summed E-state index contributed by atoms with van der Waals surface area (Å²) in [7, 11) is 0. The lowest BCUT2D eigenvalue weighted by atomic mass is 9.79. The van der Waals surface area contributed by atoms with Gasteiger partial charge in [-0.25, -0.2) is 0 Å². The third kappa shape index (κ3) is 3.33. The molecule has 5 nitrogen and oxygen atoms in total. The Labute approximate surface area is 190 Å². The smallest absolute Gasteiger partial charge is 0.255 e. The Morgan fingerprint density at radius 1 is 0.875 bits per heavy atom. The number of anilines is 1. The molecule has 0 radical (unpaired) electrons. The van der Waals surface area contributed by atoms with E-state index in [1.165, 1.54) is 18.7 Å². The fourth-order valence-electron chi connectivity index (χ4n) is 4.33. The molecule has 3 aromatic carbocycles. The van der Waals surface area contributed by atoms with Crippen molar-refractivity contribution in [3.05, 3.63) is 107 Å². The summed E-state index contributed by atoms with van der Waals surface area (Å²) >= 11 is 1.43. The number of thioether (sulfide) groups is 1. The number of amides is 2. The Balaban J connectivity index is 1.78. The van der Waals surface area contributed by atoms with Crippen molar-refractivity contribution in [2.24, 2.45) is 0 Å². The van der Waals surface area contributed by atoms with Gasteiger partial charge in [-0.05, 0) is 17.7 Å². The number of rotatable bonds is 4. The second-order valence-electron chi connectivity index (χ2n) is 7.72. The molecule has 6 heteroatoms. The first-order valence-electron chi connectivity index (χ1n) is 10.3. The van der Waals surface area contributed by atoms with Crippen LogP contribution in [0.1, 0.15) is 28.8 Å². The van der Waals surface area contributed by atoms with Gasteiger partial charge in [-0.1, -0.05) is 84.6 Å². The SMILES string of the molecule is CC(=O)N[C@H]1C(=O)N2C(=C(C(=O)c3ccccc3)[C@@H]1c1ccccc1)Sc1ccccc12. The first kappa shape index (κ1) is 20.3. The lowest BCUT2D eigenvalue weighted by molar-refractivity contribution is -0.126. The molecular weight excluding hydrogens is 420 g/mol. The number of fused-ring (bicyclic) bond motifs is 3. The van der Waals surface area contributed by atoms with Gasteiger partial charge < -0.3 is 5.32 Å². The summed E-state index contributed by atoms with van der Waals surface area (Å²) in [6, 6.07) is 25.2. The normalized spacial score (nSPS) is 19.4. The summed E-state index contributed by atoms with van der Waals surface area (Å²) in [5.41, 5.74) is 2.60. The average Bonchev–Trinajstić information content (AvgIpc) is 3.20. The second kappa shape index (κ2) is 8.13. The number of hydrogen-bond donors (Lipinski definition) is 1. The van der Waals surface area contributed by atoms with Gasteiger partial charge in [0.1, 0.15) is 6.04 Å². The summed E-state index contributed by atoms with van der Waals surface area (Å²) in [5.74, 6) is -1.32. The fraction of sp³-hybridized carbons (Fsp3) is 0.115. The number of para-hydroxylation sites is 1. The Hall–Kier alpha value is -3.64. The molecule has 0 unspecified atom stereocenters. The Morgan fingerprint density at radius 3 is 2.19 bits per heavy atom. The molecule has 2 atom stereocenters. The van der Waals surface area contributed by atoms with Crippen LogP contribution in [0.15, 0.2) is 100 Å². The van der Waals surface area contributed by atoms with Crippen molar-refractivity contribution in [2.75, 3.05) is 4.90 Å². The topological polar surface area (TPSA) is 66.5 Å². The molecule has 0 aromatic heterocycles. The van der Waals surface area contributed by atoms with Crippen LogP contribution in [0, 0.1) is 0 Å². The van der Waals surface area contributed by atoms with Crippen molar-refractivity contribution in [3.8, 4) is 0 Å². The molecular formula is C26H20N2O3S. The highest BCUT2D eigenvalue weighted by Gasteiger charge is 2.49. The second-order valence-corrected chi connectivity index (χ2v) is 8.75. The van der Waals surface area contributed by atoms with Crippen molar-refractivity contribution in [3.63, 3.8) is 0 Å². The van der Waals surface area contributed by atoms with Crippen molar-refractivity contribution < 1.29 is 14.4 Å². The van der Waals surface area contributed by atoms with E-state index in [1.54, 1.807) is 17.0 Å². The molecule has 0 fully saturated rings. The Bertz CT molecular complexity index is 1250. The van der Waals surface area contributed by atoms with Crippen LogP contribution in [0.3, 0.4) is 0 Å². The van der Waals surface area contributed by atoms with Crippen LogP contribution >= 0.6 is 11.8 Å². The van der Waals surface area contributed by atoms with Crippen molar-refractivity contribution in [1.29, 1.82) is 0 Å². The van der Waals surface area contributed by atoms with Crippen LogP contribution in [0.25, 0.3) is 0 Å². The highest BCUT2D eigenvalue weighted by atomic mass is 32.2. The predicted molar refractivity (Wildman–Crippen MR) is 124 cm³/mol. The number of nitrogens with zero attached hydrogens (tertiary/aromatic N) is 1. The van der Waals surface area contributed by atoms with Gasteiger partial charge in [-0.2, -0.15) is 0 Å². The van der Waals surface area contributed by atoms with E-state index in [0.717, 1.165) is 16.1 Å². The molecule has 3 aromatic rings. The van der Waals surface area contributed by atoms with Crippen molar-refractivity contribution >= 4 is 35.0 Å². The Morgan fingerprint density at radius 2 is 1.50 bits per heavy atom. The number of Topliss-reactive ketones (excluding diaryl/α,β-unsaturated/α-hetero) is 1. The number of carbonyl (C=O) groups excluding carboxylic acids is 3. The maximum atomic E-state index is 13.9. The third-order valence-corrected chi connectivity index (χ3v) is 6.84. The quantitative estimate of drug-likeness (QED) is 0.606. The van der Waals surface area contributed by atoms with E-state index in [1.807, 2.05) is 72.8 Å². The fourth-order valence-corrected chi connectivity index (χ4v) is 5.56. The zero-order valence-electron chi connectivity index (χ0n) is 17.3. The average molecular weight is 441 g/mol. The monoisotopic (exact) mass is 440 g/mol. The van der Waals surface area contributed by atoms with Gasteiger partial charge in [0.25, 0.3) is 5.91 Å². The largest absolute Gasteiger partial charge is 0.344 e. The lowest BCUT2D eigenvalue weighted by Crippen LogP contribution is -2.54. The molecule has 1 N–H and O–H groups in total. The minimum absolute atomic E-state index is 0.150. The zero-order valence-corrected chi connectivity index (χ0v) is 18.1. The summed E-state index contributed by atoms with van der Waals surface area (Å²) in [5, 5.41) is 3.45. The van der Waals surface area contributed by atoms with Gasteiger partial charge in [-0.15, -0.1) is 0 Å². The first-order chi connectivity index (χ1) is 15.6. The molecule has 0 spiro atoms. The highest BCUT2D eigenvalue weighted by Crippen LogP contribution is 2.53. The molecule has 2 aliphatic heterocycles. The van der Waals surface area contributed by atoms with Crippen LogP contribution < -0.4 is 10.2 Å². The van der Waals surface area contributed by atoms with Gasteiger partial charge in [-0.3, -0.25) is 19.3 Å². The van der Waals surface area contributed by atoms with Crippen LogP contribution in [-0.2, 0) is 9.59 Å². The van der Waals surface area contributed by atoms with Crippen molar-refractivity contribution in [1.82, 2.24) is 5.32 Å². The highest BCUT2D eigenvalue weighted by molar-refractivity contribution is 8.03. The number of ketones is 1. The van der Waals surface area contributed by atoms with Crippen LogP contribution in [-0.4, -0.2) is 23.6 Å². The summed E-state index contributed by atoms with van der Waals surface area (Å²) in [4.78, 5) is 42.3. The molecule has 2 amide bonds. The molecule has 0 aliphatic carbocycles. The van der Waals surface area contributed by atoms with Gasteiger partial charge in [0.15, 0.2) is 5.78 Å². The van der Waals surface area contributed by atoms with Gasteiger partial charge in [0, 0.05) is 28.9 Å². The molecule has 158 valence electrons. The molecule has 0 bridgehead atoms. The standard InChI is InChI=1S/C26H20N2O3S/c1-16(29)27-23-21(17-10-4-2-5-11-17)22(24(30)18-12-6-3-7-13-18)26-28(25(23)31)19-14-8-9-15-20(19)32-26/h2-15,21,23H,1H3,(H,27,29)/t21-,23+/m0/s1. The summed E-state index contributed by atoms with van der Waals surface area (Å²) < 4.78 is 0. The van der Waals surface area contributed by atoms with Crippen molar-refractivity contribution in [2.45, 2.75) is 23.8 Å². The third-order valence-electron chi connectivity index (χ3n) is 5.68. The van der Waals surface area contributed by atoms with Crippen LogP contribution in [0.2, 0.25) is 0 Å². The lowest BCUT2D eigenvalue weighted by Gasteiger charge is -2.38. The minimum atomic E-state index is -0.895. The number of nitrogens with one attached hydrogen (secondary N) is 1. The number of carbonyl (C=O) groups is 3. The first-order valence-corrected chi connectivity index (χ1v) is 11.1. The van der Waals surface area contributed by atoms with E-state index in [0.29, 0.717) is 16.2 Å². The molecule has 32 heavy (non-hydrogen) atoms. The van der Waals surface area contributed by atoms with Crippen LogP contribution in [0.4, 0.5) is 5.69 Å². The van der Waals surface area contributed by atoms with Gasteiger partial charge in [0.2, 0.25) is 5.91 Å². The molecule has 2 aliphatic rings. The maximum absolute atomic E-state index is 13.9. The zero-order chi connectivity index (χ0) is 22.2. The number of benzene rings is 3. The van der Waals surface area contributed by atoms with E-state index in [9.17, 15) is 14.4 Å². The van der Waals surface area contributed by atoms with Gasteiger partial charge in [0.05, 0.1) is 10.7 Å². The van der Waals surface area contributed by atoms with E-state index in [2.05, 4.69) is 5.32 Å². The Kier molecular flexibility index (Phi) is 5.15. The summed E-state index contributed by atoms with van der Waals surface area (Å²) in [6.07, 6.45) is 0. The van der Waals surface area contributed by atoms with E-state index >= 15 is 0 Å². The molecule has 0 saturated heterocycles. The molecule has 5 rings (SSSR count). The minimum Gasteiger partial charge on any atom is -0.344 e. The summed E-state index contributed by atoms with van der Waals surface area (Å²) in [6.45, 7) is 1.39. The predicted octanol–water partition coefficient (Wildman–Crippen LogP) is 4.52. The van der Waals surface area contributed by atoms with Crippen LogP contribution in [0.5, 0.6) is 0 Å². The molecule has 0 saturated carbocycles. The van der Waals surface area contributed by atoms with E-state index in [4.69, 9.17) is 0 Å². The van der Waals surface area contributed by atoms with E-state index < -0.39 is 12.0 Å². The van der Waals surface area contributed by atoms with Gasteiger partial charge >= 0.3 is 0 Å². The van der Waals surface area contributed by atoms with E-state index in [-0.39, 0.29) is 17.6 Å². The number of hydrogen-bond acceptors (Lipinski definition) is 4.